The molecule has 18 heavy (non-hydrogen) atoms. The van der Waals surface area contributed by atoms with Crippen molar-refractivity contribution < 1.29 is 9.73 Å². The fourth-order valence-corrected chi connectivity index (χ4v) is 2.17. The number of hydrogen-bond acceptors (Lipinski definition) is 1. The maximum atomic E-state index is 6.13. The number of nitrogens with two attached hydrogens (primary N) is 1. The number of benzene rings is 1. The van der Waals surface area contributed by atoms with Crippen LogP contribution in [0.1, 0.15) is 5.76 Å². The molecule has 1 aromatic heterocycles. The second kappa shape index (κ2) is 6.10. The molecule has 2 N–H and O–H groups in total. The normalized spacial score (nSPS) is 10.6. The van der Waals surface area contributed by atoms with Crippen LogP contribution in [0.4, 0.5) is 0 Å². The largest absolute Gasteiger partial charge is 0.455 e. The molecule has 0 aliphatic heterocycles. The summed E-state index contributed by atoms with van der Waals surface area (Å²) in [6.45, 7) is 5.33. The van der Waals surface area contributed by atoms with Crippen LogP contribution in [0.15, 0.2) is 47.4 Å². The summed E-state index contributed by atoms with van der Waals surface area (Å²) in [4.78, 5) is 0. The van der Waals surface area contributed by atoms with Gasteiger partial charge in [0.05, 0.1) is 11.6 Å². The monoisotopic (exact) mass is 282 g/mol. The van der Waals surface area contributed by atoms with Crippen LogP contribution in [0, 0.1) is 0 Å². The van der Waals surface area contributed by atoms with E-state index < -0.39 is 0 Å². The maximum absolute atomic E-state index is 6.13. The van der Waals surface area contributed by atoms with Crippen molar-refractivity contribution in [1.29, 1.82) is 0 Å². The van der Waals surface area contributed by atoms with E-state index in [0.717, 1.165) is 30.2 Å². The van der Waals surface area contributed by atoms with E-state index in [1.807, 2.05) is 24.3 Å². The molecule has 2 nitrogen and oxygen atoms in total. The zero-order chi connectivity index (χ0) is 13.0. The molecule has 0 spiro atoms. The molecule has 0 amide bonds. The van der Waals surface area contributed by atoms with Gasteiger partial charge >= 0.3 is 0 Å². The highest BCUT2D eigenvalue weighted by atomic mass is 35.5. The Bertz CT molecular complexity index is 548. The number of furan rings is 1. The van der Waals surface area contributed by atoms with Gasteiger partial charge in [-0.2, -0.15) is 0 Å². The molecule has 0 unspecified atom stereocenters. The van der Waals surface area contributed by atoms with Crippen molar-refractivity contribution in [3.63, 3.8) is 0 Å². The minimum absolute atomic E-state index is 0.596. The Hall–Kier alpha value is -1.22. The van der Waals surface area contributed by atoms with Gasteiger partial charge < -0.3 is 9.73 Å². The third-order valence-corrected chi connectivity index (χ3v) is 3.08. The maximum Gasteiger partial charge on any atom is 0.158 e. The van der Waals surface area contributed by atoms with Gasteiger partial charge in [-0.25, -0.2) is 0 Å². The molecule has 2 aromatic rings. The molecule has 94 valence electrons. The number of halogens is 2. The van der Waals surface area contributed by atoms with E-state index in [-0.39, 0.29) is 0 Å². The molecule has 0 saturated carbocycles. The van der Waals surface area contributed by atoms with Crippen LogP contribution in [0.3, 0.4) is 0 Å². The van der Waals surface area contributed by atoms with Crippen LogP contribution < -0.4 is 5.32 Å². The van der Waals surface area contributed by atoms with Gasteiger partial charge in [0.15, 0.2) is 5.76 Å². The lowest BCUT2D eigenvalue weighted by Gasteiger charge is -2.01. The quantitative estimate of drug-likeness (QED) is 0.660. The summed E-state index contributed by atoms with van der Waals surface area (Å²) in [5.74, 6) is 1.68. The van der Waals surface area contributed by atoms with Gasteiger partial charge in [0, 0.05) is 10.6 Å². The first kappa shape index (κ1) is 13.2. The summed E-state index contributed by atoms with van der Waals surface area (Å²) in [7, 11) is 0. The molecule has 0 atom stereocenters. The van der Waals surface area contributed by atoms with Gasteiger partial charge in [-0.3, -0.25) is 0 Å². The van der Waals surface area contributed by atoms with Gasteiger partial charge in [-0.1, -0.05) is 29.8 Å². The fraction of sp³-hybridized carbons (Fsp3) is 0.143. The Balaban J connectivity index is 2.16. The van der Waals surface area contributed by atoms with Crippen molar-refractivity contribution in [3.05, 3.63) is 58.8 Å². The average Bonchev–Trinajstić information content (AvgIpc) is 2.78. The van der Waals surface area contributed by atoms with Gasteiger partial charge in [0.2, 0.25) is 0 Å². The molecule has 0 aliphatic rings. The van der Waals surface area contributed by atoms with E-state index in [4.69, 9.17) is 27.6 Å². The Morgan fingerprint density at radius 3 is 2.78 bits per heavy atom. The highest BCUT2D eigenvalue weighted by Crippen LogP contribution is 2.31. The summed E-state index contributed by atoms with van der Waals surface area (Å²) in [5.41, 5.74) is 0.857. The predicted molar refractivity (Wildman–Crippen MR) is 74.9 cm³/mol. The summed E-state index contributed by atoms with van der Waals surface area (Å²) < 4.78 is 5.74. The second-order valence-corrected chi connectivity index (χ2v) is 4.75. The van der Waals surface area contributed by atoms with Crippen LogP contribution in [0.2, 0.25) is 10.0 Å². The molecule has 0 fully saturated rings. The van der Waals surface area contributed by atoms with Crippen LogP contribution in [0.5, 0.6) is 0 Å². The van der Waals surface area contributed by atoms with Crippen molar-refractivity contribution in [1.82, 2.24) is 0 Å². The first-order chi connectivity index (χ1) is 8.70. The van der Waals surface area contributed by atoms with E-state index >= 15 is 0 Å². The Morgan fingerprint density at radius 2 is 2.06 bits per heavy atom. The van der Waals surface area contributed by atoms with Crippen molar-refractivity contribution in [3.8, 4) is 11.3 Å². The topological polar surface area (TPSA) is 29.8 Å². The summed E-state index contributed by atoms with van der Waals surface area (Å²) >= 11 is 12.0. The van der Waals surface area contributed by atoms with E-state index in [1.54, 1.807) is 12.1 Å². The van der Waals surface area contributed by atoms with Crippen molar-refractivity contribution in [2.75, 3.05) is 6.54 Å². The van der Waals surface area contributed by atoms with E-state index in [0.29, 0.717) is 10.0 Å². The van der Waals surface area contributed by atoms with Crippen LogP contribution in [-0.4, -0.2) is 6.54 Å². The number of quaternary nitrogens is 1. The highest BCUT2D eigenvalue weighted by Gasteiger charge is 2.09. The van der Waals surface area contributed by atoms with Crippen molar-refractivity contribution in [2.24, 2.45) is 0 Å². The summed E-state index contributed by atoms with van der Waals surface area (Å²) in [6.07, 6.45) is 1.86. The third kappa shape index (κ3) is 3.16. The number of hydrogen-bond donors (Lipinski definition) is 1. The lowest BCUT2D eigenvalue weighted by molar-refractivity contribution is -0.663. The smallest absolute Gasteiger partial charge is 0.158 e. The van der Waals surface area contributed by atoms with Crippen LogP contribution in [0.25, 0.3) is 11.3 Å². The van der Waals surface area contributed by atoms with Crippen LogP contribution in [-0.2, 0) is 6.54 Å². The zero-order valence-corrected chi connectivity index (χ0v) is 11.3. The summed E-state index contributed by atoms with van der Waals surface area (Å²) in [6, 6.07) is 9.26. The van der Waals surface area contributed by atoms with Crippen molar-refractivity contribution >= 4 is 23.2 Å². The highest BCUT2D eigenvalue weighted by molar-refractivity contribution is 6.36. The molecule has 4 heteroatoms. The van der Waals surface area contributed by atoms with E-state index in [2.05, 4.69) is 11.9 Å². The minimum Gasteiger partial charge on any atom is -0.455 e. The second-order valence-electron chi connectivity index (χ2n) is 3.91. The lowest BCUT2D eigenvalue weighted by atomic mass is 10.2. The predicted octanol–water partition coefficient (Wildman–Crippen LogP) is 3.50. The molecule has 0 radical (unpaired) electrons. The fourth-order valence-electron chi connectivity index (χ4n) is 1.67. The molecule has 1 aromatic carbocycles. The zero-order valence-electron chi connectivity index (χ0n) is 9.83. The van der Waals surface area contributed by atoms with Gasteiger partial charge in [-0.15, -0.1) is 0 Å². The van der Waals surface area contributed by atoms with Gasteiger partial charge in [0.25, 0.3) is 0 Å². The average molecular weight is 283 g/mol. The molecular formula is C14H14Cl2NO+. The van der Waals surface area contributed by atoms with Crippen LogP contribution >= 0.6 is 23.2 Å². The van der Waals surface area contributed by atoms with Gasteiger partial charge in [0.1, 0.15) is 12.3 Å². The Kier molecular flexibility index (Phi) is 4.48. The molecule has 0 aliphatic carbocycles. The molecular weight excluding hydrogens is 269 g/mol. The minimum atomic E-state index is 0.596. The van der Waals surface area contributed by atoms with Gasteiger partial charge in [-0.05, 0) is 36.4 Å². The molecule has 1 heterocycles. The number of rotatable bonds is 5. The van der Waals surface area contributed by atoms with E-state index in [9.17, 15) is 0 Å². The third-order valence-electron chi connectivity index (χ3n) is 2.54. The SMILES string of the molecule is C=CC[NH2+]Cc1ccc(-c2ccc(Cl)cc2Cl)o1. The molecule has 0 bridgehead atoms. The standard InChI is InChI=1S/C14H13Cl2NO/c1-2-7-17-9-11-4-6-14(18-11)12-5-3-10(15)8-13(12)16/h2-6,8,17H,1,7,9H2/p+1. The molecule has 2 rings (SSSR count). The Labute approximate surface area is 116 Å². The molecule has 0 saturated heterocycles. The summed E-state index contributed by atoms with van der Waals surface area (Å²) in [5, 5.41) is 3.33. The first-order valence-corrected chi connectivity index (χ1v) is 6.43. The van der Waals surface area contributed by atoms with E-state index in [1.165, 1.54) is 0 Å². The Morgan fingerprint density at radius 1 is 1.22 bits per heavy atom. The first-order valence-electron chi connectivity index (χ1n) is 5.67. The lowest BCUT2D eigenvalue weighted by Crippen LogP contribution is -2.82. The van der Waals surface area contributed by atoms with Crippen molar-refractivity contribution in [2.45, 2.75) is 6.54 Å².